The summed E-state index contributed by atoms with van der Waals surface area (Å²) in [6.45, 7) is 5.47. The Balaban J connectivity index is 2.33. The molecule has 1 N–H and O–H groups in total. The van der Waals surface area contributed by atoms with Crippen LogP contribution in [0.15, 0.2) is 11.4 Å². The first-order valence-corrected chi connectivity index (χ1v) is 8.44. The number of nitrogens with one attached hydrogen (secondary N) is 1. The highest BCUT2D eigenvalue weighted by atomic mass is 32.1. The molecule has 0 aromatic carbocycles. The number of nitrogens with zero attached hydrogens (tertiary/aromatic N) is 1. The zero-order chi connectivity index (χ0) is 13.9. The van der Waals surface area contributed by atoms with Gasteiger partial charge >= 0.3 is 0 Å². The van der Waals surface area contributed by atoms with Gasteiger partial charge in [0, 0.05) is 10.4 Å². The van der Waals surface area contributed by atoms with Crippen LogP contribution < -0.4 is 5.32 Å². The van der Waals surface area contributed by atoms with Crippen molar-refractivity contribution in [1.82, 2.24) is 10.2 Å². The molecule has 1 fully saturated rings. The van der Waals surface area contributed by atoms with E-state index in [1.54, 1.807) is 0 Å². The second kappa shape index (κ2) is 6.38. The van der Waals surface area contributed by atoms with E-state index in [-0.39, 0.29) is 0 Å². The van der Waals surface area contributed by atoms with Gasteiger partial charge in [0.1, 0.15) is 0 Å². The summed E-state index contributed by atoms with van der Waals surface area (Å²) in [7, 11) is 4.52. The average Bonchev–Trinajstić information content (AvgIpc) is 2.83. The standard InChI is InChI=1S/C16H28N2S/c1-5-17-15(14-11-13(2)19-12-14)16(18(3)4)9-7-6-8-10-16/h11-12,15,17H,5-10H2,1-4H3. The van der Waals surface area contributed by atoms with Gasteiger partial charge in [-0.25, -0.2) is 0 Å². The molecule has 108 valence electrons. The van der Waals surface area contributed by atoms with Crippen LogP contribution >= 0.6 is 11.3 Å². The first-order chi connectivity index (χ1) is 9.10. The molecule has 19 heavy (non-hydrogen) atoms. The number of likely N-dealkylation sites (N-methyl/N-ethyl adjacent to an activating group) is 2. The van der Waals surface area contributed by atoms with Gasteiger partial charge in [-0.3, -0.25) is 0 Å². The highest BCUT2D eigenvalue weighted by Crippen LogP contribution is 2.42. The lowest BCUT2D eigenvalue weighted by atomic mass is 9.73. The third-order valence-corrected chi connectivity index (χ3v) is 5.52. The second-order valence-electron chi connectivity index (χ2n) is 6.04. The third-order valence-electron chi connectivity index (χ3n) is 4.64. The van der Waals surface area contributed by atoms with Crippen LogP contribution in [0.25, 0.3) is 0 Å². The molecule has 1 aliphatic rings. The minimum absolute atomic E-state index is 0.293. The van der Waals surface area contributed by atoms with Gasteiger partial charge in [-0.05, 0) is 57.4 Å². The Morgan fingerprint density at radius 1 is 1.32 bits per heavy atom. The maximum atomic E-state index is 3.77. The number of hydrogen-bond donors (Lipinski definition) is 1. The zero-order valence-corrected chi connectivity index (χ0v) is 13.6. The van der Waals surface area contributed by atoms with Gasteiger partial charge < -0.3 is 10.2 Å². The minimum atomic E-state index is 0.293. The van der Waals surface area contributed by atoms with E-state index in [9.17, 15) is 0 Å². The van der Waals surface area contributed by atoms with Crippen molar-refractivity contribution in [3.8, 4) is 0 Å². The number of rotatable bonds is 5. The molecular formula is C16H28N2S. The molecule has 2 rings (SSSR count). The molecule has 0 radical (unpaired) electrons. The Morgan fingerprint density at radius 3 is 2.47 bits per heavy atom. The first kappa shape index (κ1) is 15.0. The fourth-order valence-corrected chi connectivity index (χ4v) is 4.33. The Labute approximate surface area is 122 Å². The van der Waals surface area contributed by atoms with Crippen LogP contribution in [-0.2, 0) is 0 Å². The molecule has 1 aromatic rings. The number of hydrogen-bond acceptors (Lipinski definition) is 3. The quantitative estimate of drug-likeness (QED) is 0.878. The topological polar surface area (TPSA) is 15.3 Å². The van der Waals surface area contributed by atoms with E-state index in [0.29, 0.717) is 11.6 Å². The van der Waals surface area contributed by atoms with Gasteiger partial charge in [0.2, 0.25) is 0 Å². The molecule has 1 heterocycles. The lowest BCUT2D eigenvalue weighted by Gasteiger charge is -2.48. The molecule has 1 aromatic heterocycles. The van der Waals surface area contributed by atoms with Crippen LogP contribution in [-0.4, -0.2) is 31.1 Å². The molecule has 0 bridgehead atoms. The summed E-state index contributed by atoms with van der Waals surface area (Å²) in [4.78, 5) is 3.90. The Morgan fingerprint density at radius 2 is 2.00 bits per heavy atom. The van der Waals surface area contributed by atoms with Gasteiger partial charge in [0.05, 0.1) is 6.04 Å². The number of thiophene rings is 1. The zero-order valence-electron chi connectivity index (χ0n) is 12.8. The maximum absolute atomic E-state index is 3.77. The van der Waals surface area contributed by atoms with Crippen molar-refractivity contribution in [3.05, 3.63) is 21.9 Å². The van der Waals surface area contributed by atoms with Crippen LogP contribution in [0.2, 0.25) is 0 Å². The first-order valence-electron chi connectivity index (χ1n) is 7.56. The third kappa shape index (κ3) is 3.04. The summed E-state index contributed by atoms with van der Waals surface area (Å²) in [5.74, 6) is 0. The fourth-order valence-electron chi connectivity index (χ4n) is 3.60. The van der Waals surface area contributed by atoms with Crippen molar-refractivity contribution in [2.45, 2.75) is 57.5 Å². The lowest BCUT2D eigenvalue weighted by Crippen LogP contribution is -2.54. The summed E-state index contributed by atoms with van der Waals surface area (Å²) < 4.78 is 0. The van der Waals surface area contributed by atoms with Gasteiger partial charge in [0.25, 0.3) is 0 Å². The van der Waals surface area contributed by atoms with E-state index in [1.807, 2.05) is 11.3 Å². The highest BCUT2D eigenvalue weighted by Gasteiger charge is 2.42. The van der Waals surface area contributed by atoms with E-state index >= 15 is 0 Å². The van der Waals surface area contributed by atoms with Crippen molar-refractivity contribution in [1.29, 1.82) is 0 Å². The predicted octanol–water partition coefficient (Wildman–Crippen LogP) is 3.97. The van der Waals surface area contributed by atoms with Crippen LogP contribution in [0, 0.1) is 6.92 Å². The van der Waals surface area contributed by atoms with Crippen LogP contribution in [0.4, 0.5) is 0 Å². The molecule has 1 saturated carbocycles. The van der Waals surface area contributed by atoms with Crippen LogP contribution in [0.1, 0.15) is 55.5 Å². The van der Waals surface area contributed by atoms with Crippen molar-refractivity contribution in [2.75, 3.05) is 20.6 Å². The number of aryl methyl sites for hydroxylation is 1. The highest BCUT2D eigenvalue weighted by molar-refractivity contribution is 7.10. The van der Waals surface area contributed by atoms with Gasteiger partial charge in [-0.15, -0.1) is 11.3 Å². The SMILES string of the molecule is CCNC(c1csc(C)c1)C1(N(C)C)CCCCC1. The van der Waals surface area contributed by atoms with Crippen molar-refractivity contribution >= 4 is 11.3 Å². The van der Waals surface area contributed by atoms with Gasteiger partial charge in [-0.1, -0.05) is 26.2 Å². The molecule has 0 saturated heterocycles. The van der Waals surface area contributed by atoms with E-state index in [4.69, 9.17) is 0 Å². The Bertz CT molecular complexity index is 391. The summed E-state index contributed by atoms with van der Waals surface area (Å²) >= 11 is 1.87. The van der Waals surface area contributed by atoms with Gasteiger partial charge in [0.15, 0.2) is 0 Å². The summed E-state index contributed by atoms with van der Waals surface area (Å²) in [5.41, 5.74) is 1.78. The Hall–Kier alpha value is -0.380. The van der Waals surface area contributed by atoms with E-state index in [1.165, 1.54) is 42.5 Å². The molecular weight excluding hydrogens is 252 g/mol. The molecule has 1 aliphatic carbocycles. The molecule has 2 nitrogen and oxygen atoms in total. The van der Waals surface area contributed by atoms with Crippen LogP contribution in [0.5, 0.6) is 0 Å². The fraction of sp³-hybridized carbons (Fsp3) is 0.750. The molecule has 0 aliphatic heterocycles. The van der Waals surface area contributed by atoms with Crippen molar-refractivity contribution in [3.63, 3.8) is 0 Å². The normalized spacial score (nSPS) is 20.7. The van der Waals surface area contributed by atoms with E-state index in [2.05, 4.69) is 49.6 Å². The summed E-state index contributed by atoms with van der Waals surface area (Å²) in [6, 6.07) is 2.84. The summed E-state index contributed by atoms with van der Waals surface area (Å²) in [5, 5.41) is 6.12. The van der Waals surface area contributed by atoms with E-state index < -0.39 is 0 Å². The summed E-state index contributed by atoms with van der Waals surface area (Å²) in [6.07, 6.45) is 6.75. The molecule has 0 amide bonds. The Kier molecular flexibility index (Phi) is 5.04. The van der Waals surface area contributed by atoms with Gasteiger partial charge in [-0.2, -0.15) is 0 Å². The molecule has 3 heteroatoms. The second-order valence-corrected chi connectivity index (χ2v) is 7.16. The monoisotopic (exact) mass is 280 g/mol. The lowest BCUT2D eigenvalue weighted by molar-refractivity contribution is 0.0572. The average molecular weight is 280 g/mol. The predicted molar refractivity (Wildman–Crippen MR) is 85.0 cm³/mol. The van der Waals surface area contributed by atoms with Crippen molar-refractivity contribution < 1.29 is 0 Å². The maximum Gasteiger partial charge on any atom is 0.0515 e. The molecule has 0 spiro atoms. The van der Waals surface area contributed by atoms with Crippen LogP contribution in [0.3, 0.4) is 0 Å². The smallest absolute Gasteiger partial charge is 0.0515 e. The molecule has 1 unspecified atom stereocenters. The largest absolute Gasteiger partial charge is 0.309 e. The molecule has 1 atom stereocenters. The van der Waals surface area contributed by atoms with Crippen molar-refractivity contribution in [2.24, 2.45) is 0 Å². The minimum Gasteiger partial charge on any atom is -0.309 e. The van der Waals surface area contributed by atoms with E-state index in [0.717, 1.165) is 6.54 Å².